The van der Waals surface area contributed by atoms with E-state index in [0.717, 1.165) is 10.0 Å². The predicted octanol–water partition coefficient (Wildman–Crippen LogP) is 1.67. The molecule has 1 rings (SSSR count). The maximum absolute atomic E-state index is 11.5. The van der Waals surface area contributed by atoms with Crippen LogP contribution >= 0.6 is 15.9 Å². The zero-order chi connectivity index (χ0) is 12.8. The first-order valence-electron chi connectivity index (χ1n) is 5.00. The second kappa shape index (κ2) is 6.20. The molecule has 0 saturated heterocycles. The van der Waals surface area contributed by atoms with Crippen molar-refractivity contribution in [3.8, 4) is 0 Å². The van der Waals surface area contributed by atoms with Crippen molar-refractivity contribution < 1.29 is 9.59 Å². The van der Waals surface area contributed by atoms with Crippen molar-refractivity contribution in [2.24, 2.45) is 0 Å². The van der Waals surface area contributed by atoms with Crippen LogP contribution in [0.3, 0.4) is 0 Å². The summed E-state index contributed by atoms with van der Waals surface area (Å²) in [4.78, 5) is 22.5. The summed E-state index contributed by atoms with van der Waals surface area (Å²) >= 11 is 3.32. The Labute approximate surface area is 108 Å². The van der Waals surface area contributed by atoms with Crippen LogP contribution in [0, 0.1) is 0 Å². The molecule has 0 unspecified atom stereocenters. The maximum atomic E-state index is 11.5. The number of amides is 2. The number of hydrogen-bond donors (Lipinski definition) is 2. The van der Waals surface area contributed by atoms with Crippen molar-refractivity contribution in [1.29, 1.82) is 0 Å². The highest BCUT2D eigenvalue weighted by molar-refractivity contribution is 9.10. The number of halogens is 1. The Morgan fingerprint density at radius 1 is 1.24 bits per heavy atom. The molecule has 4 nitrogen and oxygen atoms in total. The van der Waals surface area contributed by atoms with Gasteiger partial charge in [0, 0.05) is 18.4 Å². The van der Waals surface area contributed by atoms with Crippen molar-refractivity contribution >= 4 is 33.8 Å². The highest BCUT2D eigenvalue weighted by atomic mass is 79.9. The summed E-state index contributed by atoms with van der Waals surface area (Å²) in [5.74, 6) is -0.611. The second-order valence-electron chi connectivity index (χ2n) is 3.37. The summed E-state index contributed by atoms with van der Waals surface area (Å²) in [7, 11) is 1.51. The van der Waals surface area contributed by atoms with E-state index >= 15 is 0 Å². The number of likely N-dealkylation sites (N-methyl/N-ethyl adjacent to an activating group) is 1. The van der Waals surface area contributed by atoms with Crippen LogP contribution in [0.2, 0.25) is 0 Å². The molecule has 0 heterocycles. The van der Waals surface area contributed by atoms with Gasteiger partial charge in [0.05, 0.1) is 0 Å². The normalized spacial score (nSPS) is 10.9. The molecular weight excluding hydrogens is 284 g/mol. The van der Waals surface area contributed by atoms with E-state index in [1.54, 1.807) is 6.08 Å². The summed E-state index contributed by atoms with van der Waals surface area (Å²) in [6, 6.07) is 7.41. The van der Waals surface area contributed by atoms with Gasteiger partial charge >= 0.3 is 0 Å². The molecule has 0 aliphatic heterocycles. The molecule has 2 N–H and O–H groups in total. The Balaban J connectivity index is 3.00. The van der Waals surface area contributed by atoms with Crippen LogP contribution in [0.15, 0.2) is 34.4 Å². The fourth-order valence-corrected chi connectivity index (χ4v) is 1.47. The van der Waals surface area contributed by atoms with E-state index in [2.05, 4.69) is 26.6 Å². The van der Waals surface area contributed by atoms with Crippen molar-refractivity contribution in [3.63, 3.8) is 0 Å². The minimum Gasteiger partial charge on any atom is -0.354 e. The molecule has 0 atom stereocenters. The van der Waals surface area contributed by atoms with Crippen LogP contribution in [0.5, 0.6) is 0 Å². The van der Waals surface area contributed by atoms with Gasteiger partial charge < -0.3 is 10.6 Å². The van der Waals surface area contributed by atoms with Gasteiger partial charge in [-0.05, 0) is 23.8 Å². The molecule has 0 aromatic heterocycles. The molecular formula is C12H13BrN2O2. The van der Waals surface area contributed by atoms with Gasteiger partial charge in [0.2, 0.25) is 5.91 Å². The molecule has 17 heavy (non-hydrogen) atoms. The molecule has 0 saturated carbocycles. The van der Waals surface area contributed by atoms with Gasteiger partial charge in [-0.25, -0.2) is 0 Å². The molecule has 0 spiro atoms. The summed E-state index contributed by atoms with van der Waals surface area (Å²) in [5.41, 5.74) is 1.06. The number of nitrogens with one attached hydrogen (secondary N) is 2. The molecule has 1 aromatic rings. The van der Waals surface area contributed by atoms with Gasteiger partial charge in [0.1, 0.15) is 5.70 Å². The predicted molar refractivity (Wildman–Crippen MR) is 70.0 cm³/mol. The van der Waals surface area contributed by atoms with Crippen LogP contribution in [-0.4, -0.2) is 18.9 Å². The van der Waals surface area contributed by atoms with Gasteiger partial charge in [0.15, 0.2) is 0 Å². The third-order valence-corrected chi connectivity index (χ3v) is 2.49. The van der Waals surface area contributed by atoms with Crippen LogP contribution in [-0.2, 0) is 9.59 Å². The third kappa shape index (κ3) is 4.40. The van der Waals surface area contributed by atoms with Crippen LogP contribution in [0.1, 0.15) is 12.5 Å². The minimum atomic E-state index is -0.330. The van der Waals surface area contributed by atoms with Gasteiger partial charge in [-0.3, -0.25) is 9.59 Å². The average molecular weight is 297 g/mol. The summed E-state index contributed by atoms with van der Waals surface area (Å²) in [5, 5.41) is 4.96. The van der Waals surface area contributed by atoms with Crippen LogP contribution in [0.25, 0.3) is 6.08 Å². The number of carbonyl (C=O) groups is 2. The molecule has 1 aromatic carbocycles. The number of benzene rings is 1. The monoisotopic (exact) mass is 296 g/mol. The molecule has 0 bridgehead atoms. The van der Waals surface area contributed by atoms with E-state index < -0.39 is 0 Å². The average Bonchev–Trinajstić information content (AvgIpc) is 2.29. The maximum Gasteiger partial charge on any atom is 0.267 e. The zero-order valence-electron chi connectivity index (χ0n) is 9.58. The molecule has 0 radical (unpaired) electrons. The van der Waals surface area contributed by atoms with Crippen LogP contribution < -0.4 is 10.6 Å². The van der Waals surface area contributed by atoms with E-state index in [4.69, 9.17) is 0 Å². The van der Waals surface area contributed by atoms with Gasteiger partial charge in [-0.1, -0.05) is 28.1 Å². The third-order valence-electron chi connectivity index (χ3n) is 1.96. The van der Waals surface area contributed by atoms with Crippen molar-refractivity contribution in [3.05, 3.63) is 40.0 Å². The van der Waals surface area contributed by atoms with Crippen molar-refractivity contribution in [2.75, 3.05) is 7.05 Å². The highest BCUT2D eigenvalue weighted by Gasteiger charge is 2.08. The van der Waals surface area contributed by atoms with Gasteiger partial charge in [0.25, 0.3) is 5.91 Å². The lowest BCUT2D eigenvalue weighted by atomic mass is 10.2. The lowest BCUT2D eigenvalue weighted by molar-refractivity contribution is -0.122. The quantitative estimate of drug-likeness (QED) is 0.834. The Morgan fingerprint density at radius 2 is 1.82 bits per heavy atom. The second-order valence-corrected chi connectivity index (χ2v) is 4.29. The lowest BCUT2D eigenvalue weighted by Gasteiger charge is -2.06. The minimum absolute atomic E-state index is 0.224. The molecule has 0 aliphatic carbocycles. The largest absolute Gasteiger partial charge is 0.354 e. The summed E-state index contributed by atoms with van der Waals surface area (Å²) in [6.07, 6.45) is 1.62. The zero-order valence-corrected chi connectivity index (χ0v) is 11.2. The smallest absolute Gasteiger partial charge is 0.267 e. The first-order valence-corrected chi connectivity index (χ1v) is 5.79. The highest BCUT2D eigenvalue weighted by Crippen LogP contribution is 2.12. The van der Waals surface area contributed by atoms with Gasteiger partial charge in [-0.2, -0.15) is 0 Å². The fraction of sp³-hybridized carbons (Fsp3) is 0.167. The van der Waals surface area contributed by atoms with Crippen molar-refractivity contribution in [1.82, 2.24) is 10.6 Å². The SMILES string of the molecule is CNC(=O)/C(=C\c1ccc(Br)cc1)NC(C)=O. The van der Waals surface area contributed by atoms with E-state index in [0.29, 0.717) is 0 Å². The Bertz CT molecular complexity index is 452. The standard InChI is InChI=1S/C12H13BrN2O2/c1-8(16)15-11(12(17)14-2)7-9-3-5-10(13)6-4-9/h3-7H,1-2H3,(H,14,17)(H,15,16)/b11-7+. The first kappa shape index (κ1) is 13.4. The van der Waals surface area contributed by atoms with E-state index in [1.807, 2.05) is 24.3 Å². The van der Waals surface area contributed by atoms with E-state index in [-0.39, 0.29) is 17.5 Å². The summed E-state index contributed by atoms with van der Waals surface area (Å²) in [6.45, 7) is 1.36. The first-order chi connectivity index (χ1) is 8.02. The topological polar surface area (TPSA) is 58.2 Å². The molecule has 0 fully saturated rings. The Hall–Kier alpha value is -1.62. The van der Waals surface area contributed by atoms with E-state index in [1.165, 1.54) is 14.0 Å². The molecule has 0 aliphatic rings. The number of hydrogen-bond acceptors (Lipinski definition) is 2. The molecule has 90 valence electrons. The Morgan fingerprint density at radius 3 is 2.29 bits per heavy atom. The summed E-state index contributed by atoms with van der Waals surface area (Å²) < 4.78 is 0.954. The number of carbonyl (C=O) groups excluding carboxylic acids is 2. The van der Waals surface area contributed by atoms with Gasteiger partial charge in [-0.15, -0.1) is 0 Å². The van der Waals surface area contributed by atoms with Crippen LogP contribution in [0.4, 0.5) is 0 Å². The molecule has 2 amide bonds. The lowest BCUT2D eigenvalue weighted by Crippen LogP contribution is -2.31. The van der Waals surface area contributed by atoms with Crippen molar-refractivity contribution in [2.45, 2.75) is 6.92 Å². The fourth-order valence-electron chi connectivity index (χ4n) is 1.21. The van der Waals surface area contributed by atoms with E-state index in [9.17, 15) is 9.59 Å². The molecule has 5 heteroatoms. The number of rotatable bonds is 3. The Kier molecular flexibility index (Phi) is 4.90.